The number of thioether (sulfide) groups is 4. The van der Waals surface area contributed by atoms with E-state index in [4.69, 9.17) is 55.3 Å². The minimum absolute atomic E-state index is 0.00660. The molecule has 124 heavy (non-hydrogen) atoms. The Balaban J connectivity index is 0.000000142. The van der Waals surface area contributed by atoms with E-state index in [1.54, 1.807) is 140 Å². The second-order valence-corrected chi connectivity index (χ2v) is 33.1. The van der Waals surface area contributed by atoms with Gasteiger partial charge in [-0.2, -0.15) is 0 Å². The molecule has 5 fully saturated rings. The van der Waals surface area contributed by atoms with Gasteiger partial charge in [0.2, 0.25) is 0 Å². The first-order valence-corrected chi connectivity index (χ1v) is 43.3. The minimum Gasteiger partial charge on any atom is -0.508 e. The van der Waals surface area contributed by atoms with Crippen LogP contribution in [0.5, 0.6) is 46.0 Å². The number of benzene rings is 11. The number of nitrogens with zero attached hydrogens (tertiary/aromatic N) is 9. The van der Waals surface area contributed by atoms with E-state index in [1.807, 2.05) is 198 Å². The van der Waals surface area contributed by atoms with Gasteiger partial charge in [0.05, 0.1) is 99.5 Å². The van der Waals surface area contributed by atoms with Gasteiger partial charge in [-0.3, -0.25) is 38.8 Å². The van der Waals surface area contributed by atoms with Crippen molar-refractivity contribution in [2.75, 3.05) is 68.7 Å². The maximum absolute atomic E-state index is 13.5. The monoisotopic (exact) mass is 1750 g/mol. The molecule has 4 aliphatic heterocycles. The van der Waals surface area contributed by atoms with Crippen molar-refractivity contribution in [1.29, 1.82) is 0 Å². The van der Waals surface area contributed by atoms with Gasteiger partial charge in [-0.25, -0.2) is 20.0 Å². The van der Waals surface area contributed by atoms with Crippen LogP contribution in [0.2, 0.25) is 5.02 Å². The number of aliphatic imine (C=N–C) groups is 4. The number of aryl methyl sites for hydroxylation is 2. The highest BCUT2D eigenvalue weighted by Crippen LogP contribution is 2.44. The molecule has 4 heterocycles. The van der Waals surface area contributed by atoms with Crippen LogP contribution in [0.4, 0.5) is 45.5 Å². The van der Waals surface area contributed by atoms with Gasteiger partial charge in [0.1, 0.15) is 34.5 Å². The second-order valence-electron chi connectivity index (χ2n) is 28.7. The van der Waals surface area contributed by atoms with Gasteiger partial charge in [0.25, 0.3) is 23.6 Å². The number of methoxy groups -OCH3 is 4. The molecule has 0 atom stereocenters. The van der Waals surface area contributed by atoms with E-state index in [9.17, 15) is 34.5 Å². The van der Waals surface area contributed by atoms with Crippen LogP contribution < -0.4 is 43.3 Å². The van der Waals surface area contributed by atoms with Gasteiger partial charge in [-0.15, -0.1) is 0 Å². The van der Waals surface area contributed by atoms with Crippen molar-refractivity contribution in [3.63, 3.8) is 0 Å². The summed E-state index contributed by atoms with van der Waals surface area (Å²) in [5.41, 5.74) is 11.9. The van der Waals surface area contributed by atoms with E-state index in [0.29, 0.717) is 76.8 Å². The summed E-state index contributed by atoms with van der Waals surface area (Å²) in [6.07, 6.45) is 13.1. The normalized spacial score (nSPS) is 17.2. The van der Waals surface area contributed by atoms with Crippen LogP contribution >= 0.6 is 58.6 Å². The molecule has 0 bridgehead atoms. The first-order valence-electron chi connectivity index (χ1n) is 39.7. The number of carbonyl (C=O) groups is 4. The van der Waals surface area contributed by atoms with Crippen molar-refractivity contribution in [2.45, 2.75) is 58.9 Å². The molecule has 11 aromatic carbocycles. The number of rotatable bonds is 19. The molecule has 0 spiro atoms. The number of halogens is 1. The SMILES string of the molecule is CCOc1cc(/C=C2/SC(=Nc3ccc(OC)cc3)N(c3ccc(OC)cc3)C2=O)ccc1O.CN(C)c1ccc(C=C2SC(=Nc3ccccc3)N(C3CCCCC3)C2=O)cc1.COc1ccc(N=C2S/C(=C/c3ccc(O)cc3)C(=O)N2c2ccc(OC)cc2)cc1.Cc1ccc(N=C2S/C(=C/c3ccc(O)c(Cl)c3)C(=O)N2c2ccc(C)cc2)cc1. The average molecular weight is 1750 g/mol. The third-order valence-electron chi connectivity index (χ3n) is 19.7. The van der Waals surface area contributed by atoms with Crippen molar-refractivity contribution in [2.24, 2.45) is 20.0 Å². The number of anilines is 4. The Labute approximate surface area is 743 Å². The average Bonchev–Trinajstić information content (AvgIpc) is 1.65. The van der Waals surface area contributed by atoms with Crippen LogP contribution in [0.25, 0.3) is 24.3 Å². The van der Waals surface area contributed by atoms with Crippen LogP contribution in [0.3, 0.4) is 0 Å². The summed E-state index contributed by atoms with van der Waals surface area (Å²) in [7, 11) is 10.5. The topological polar surface area (TPSA) is 241 Å². The van der Waals surface area contributed by atoms with E-state index in [1.165, 1.54) is 72.4 Å². The smallest absolute Gasteiger partial charge is 0.271 e. The molecule has 4 amide bonds. The predicted octanol–water partition coefficient (Wildman–Crippen LogP) is 23.0. The molecule has 630 valence electrons. The van der Waals surface area contributed by atoms with Gasteiger partial charge < -0.3 is 43.9 Å². The number of carbonyl (C=O) groups excluding carboxylic acids is 4. The molecular weight excluding hydrogens is 1660 g/mol. The molecule has 5 aliphatic rings. The van der Waals surface area contributed by atoms with Gasteiger partial charge in [-0.1, -0.05) is 121 Å². The largest absolute Gasteiger partial charge is 0.508 e. The zero-order valence-electron chi connectivity index (χ0n) is 69.5. The zero-order chi connectivity index (χ0) is 87.3. The highest BCUT2D eigenvalue weighted by Gasteiger charge is 2.41. The van der Waals surface area contributed by atoms with Crippen LogP contribution in [0.1, 0.15) is 72.4 Å². The third-order valence-corrected chi connectivity index (χ3v) is 23.9. The molecule has 0 aromatic heterocycles. The first-order chi connectivity index (χ1) is 60.1. The Hall–Kier alpha value is -13.2. The number of para-hydroxylation sites is 1. The molecule has 21 nitrogen and oxygen atoms in total. The molecule has 1 aliphatic carbocycles. The molecule has 1 saturated carbocycles. The molecule has 3 N–H and O–H groups in total. The lowest BCUT2D eigenvalue weighted by molar-refractivity contribution is -0.124. The first kappa shape index (κ1) is 88.6. The minimum atomic E-state index is -0.200. The number of aromatic hydroxyl groups is 3. The summed E-state index contributed by atoms with van der Waals surface area (Å²) >= 11 is 11.4. The standard InChI is InChI=1S/C26H24N2O5S.C24H19ClN2O2S.C24H27N3OS.C24H20N2O4S/c1-4-33-23-15-17(5-14-22(23)29)16-24-25(30)28(19-8-12-21(32-3)13-9-19)26(34-24)27-18-6-10-20(31-2)11-7-18;1-15-3-8-18(9-4-15)26-24-27(19-10-5-16(2)6-11-19)23(29)22(30-24)14-17-7-12-21(28)20(25)13-17;1-26(2)20-15-13-18(14-16-20)17-22-23(28)27(21-11-7-4-8-12-21)24(29-22)25-19-9-5-3-6-10-19;1-29-20-11-5-17(6-12-20)25-24-26(18-7-13-21(30-2)14-8-18)23(28)22(31-24)15-16-3-9-19(27)10-4-16/h5-16,29H,4H2,1-3H3;3-14,28H,1-2H3;3,5-6,9-10,13-17,21H,4,7-8,11-12H2,1-2H3;3-15,27H,1-2H3/b24-16+,27-26?;22-14+,26-24?;;22-15+,25-24?. The van der Waals surface area contributed by atoms with Crippen LogP contribution in [0, 0.1) is 13.8 Å². The lowest BCUT2D eigenvalue weighted by Gasteiger charge is -2.30. The van der Waals surface area contributed by atoms with E-state index < -0.39 is 0 Å². The van der Waals surface area contributed by atoms with Gasteiger partial charge in [0, 0.05) is 25.8 Å². The Kier molecular flexibility index (Phi) is 30.1. The summed E-state index contributed by atoms with van der Waals surface area (Å²) in [5.74, 6) is 3.03. The predicted molar refractivity (Wildman–Crippen MR) is 509 cm³/mol. The van der Waals surface area contributed by atoms with Crippen molar-refractivity contribution in [1.82, 2.24) is 4.90 Å². The number of amides is 4. The maximum Gasteiger partial charge on any atom is 0.271 e. The number of hydrogen-bond donors (Lipinski definition) is 3. The summed E-state index contributed by atoms with van der Waals surface area (Å²) in [4.78, 5) is 83.5. The fraction of sp³-hybridized carbons (Fsp3) is 0.163. The van der Waals surface area contributed by atoms with Gasteiger partial charge in [0.15, 0.2) is 32.2 Å². The van der Waals surface area contributed by atoms with Crippen molar-refractivity contribution in [3.8, 4) is 46.0 Å². The van der Waals surface area contributed by atoms with Crippen LogP contribution in [-0.4, -0.2) is 120 Å². The molecular formula is C98H90ClN9O12S4. The van der Waals surface area contributed by atoms with E-state index >= 15 is 0 Å². The Morgan fingerprint density at radius 1 is 0.403 bits per heavy atom. The number of phenolic OH excluding ortho intramolecular Hbond substituents is 3. The Morgan fingerprint density at radius 2 is 0.750 bits per heavy atom. The van der Waals surface area contributed by atoms with Crippen molar-refractivity contribution >= 4 is 173 Å². The zero-order valence-corrected chi connectivity index (χ0v) is 73.5. The Morgan fingerprint density at radius 3 is 1.17 bits per heavy atom. The maximum atomic E-state index is 13.5. The fourth-order valence-electron chi connectivity index (χ4n) is 13.1. The lowest BCUT2D eigenvalue weighted by atomic mass is 9.94. The molecule has 11 aromatic rings. The molecule has 4 saturated heterocycles. The van der Waals surface area contributed by atoms with E-state index in [0.717, 1.165) is 90.5 Å². The highest BCUT2D eigenvalue weighted by molar-refractivity contribution is 8.20. The summed E-state index contributed by atoms with van der Waals surface area (Å²) < 4.78 is 26.4. The third kappa shape index (κ3) is 22.8. The van der Waals surface area contributed by atoms with Crippen LogP contribution in [0.15, 0.2) is 300 Å². The van der Waals surface area contributed by atoms with E-state index in [-0.39, 0.29) is 51.9 Å². The molecule has 16 rings (SSSR count). The summed E-state index contributed by atoms with van der Waals surface area (Å²) in [6.45, 7) is 6.29. The summed E-state index contributed by atoms with van der Waals surface area (Å²) in [6, 6.07) is 79.7. The number of hydrogen-bond acceptors (Lipinski definition) is 21. The number of ether oxygens (including phenoxy) is 5. The number of amidine groups is 4. The molecule has 0 unspecified atom stereocenters. The van der Waals surface area contributed by atoms with Crippen molar-refractivity contribution < 1.29 is 58.2 Å². The number of phenols is 3. The fourth-order valence-corrected chi connectivity index (χ4v) is 17.4. The highest BCUT2D eigenvalue weighted by atomic mass is 35.5. The molecule has 0 radical (unpaired) electrons. The summed E-state index contributed by atoms with van der Waals surface area (Å²) in [5, 5.41) is 31.8. The quantitative estimate of drug-likeness (QED) is 0.0638. The van der Waals surface area contributed by atoms with Crippen molar-refractivity contribution in [3.05, 3.63) is 319 Å². The van der Waals surface area contributed by atoms with Gasteiger partial charge >= 0.3 is 0 Å². The second kappa shape index (κ2) is 42.1. The Bertz CT molecular complexity index is 5910. The molecule has 26 heteroatoms. The van der Waals surface area contributed by atoms with Crippen LogP contribution in [-0.2, 0) is 19.2 Å². The van der Waals surface area contributed by atoms with Gasteiger partial charge in [-0.05, 0) is 309 Å². The van der Waals surface area contributed by atoms with E-state index in [2.05, 4.69) is 29.2 Å². The lowest BCUT2D eigenvalue weighted by Crippen LogP contribution is -2.40.